The third kappa shape index (κ3) is 1.95. The topological polar surface area (TPSA) is 47.1 Å². The Hall–Kier alpha value is -1.71. The fourth-order valence-electron chi connectivity index (χ4n) is 2.07. The Morgan fingerprint density at radius 1 is 1.24 bits per heavy atom. The minimum absolute atomic E-state index is 0.713. The number of benzene rings is 1. The first kappa shape index (κ1) is 10.4. The number of fused-ring (bicyclic) bond motifs is 2. The maximum Gasteiger partial charge on any atom is 0.163 e. The summed E-state index contributed by atoms with van der Waals surface area (Å²) in [5, 5.41) is 0. The van der Waals surface area contributed by atoms with Gasteiger partial charge in [-0.1, -0.05) is 6.92 Å². The fraction of sp³-hybridized carbons (Fsp3) is 0.462. The van der Waals surface area contributed by atoms with Gasteiger partial charge in [0.25, 0.3) is 0 Å². The molecular formula is C13H16N2O2. The largest absolute Gasteiger partial charge is 0.489 e. The van der Waals surface area contributed by atoms with Crippen LogP contribution in [0.3, 0.4) is 0 Å². The van der Waals surface area contributed by atoms with Crippen LogP contribution in [0.2, 0.25) is 0 Å². The van der Waals surface area contributed by atoms with Crippen LogP contribution in [0, 0.1) is 0 Å². The molecule has 0 amide bonds. The van der Waals surface area contributed by atoms with Crippen molar-refractivity contribution < 1.29 is 9.47 Å². The molecule has 4 nitrogen and oxygen atoms in total. The lowest BCUT2D eigenvalue weighted by molar-refractivity contribution is 0.297. The Morgan fingerprint density at radius 2 is 2.00 bits per heavy atom. The molecule has 0 saturated heterocycles. The van der Waals surface area contributed by atoms with Crippen molar-refractivity contribution in [2.45, 2.75) is 26.2 Å². The van der Waals surface area contributed by atoms with Crippen LogP contribution in [0.4, 0.5) is 0 Å². The van der Waals surface area contributed by atoms with E-state index in [9.17, 15) is 0 Å². The molecule has 17 heavy (non-hydrogen) atoms. The number of rotatable bonds is 2. The molecule has 0 unspecified atom stereocenters. The highest BCUT2D eigenvalue weighted by atomic mass is 16.5. The van der Waals surface area contributed by atoms with Gasteiger partial charge >= 0.3 is 0 Å². The first-order valence-electron chi connectivity index (χ1n) is 6.15. The molecule has 0 radical (unpaired) electrons. The van der Waals surface area contributed by atoms with Crippen LogP contribution in [0.15, 0.2) is 12.1 Å². The summed E-state index contributed by atoms with van der Waals surface area (Å²) >= 11 is 0. The summed E-state index contributed by atoms with van der Waals surface area (Å²) < 4.78 is 11.3. The van der Waals surface area contributed by atoms with Crippen LogP contribution in [-0.2, 0) is 6.42 Å². The number of imidazole rings is 1. The van der Waals surface area contributed by atoms with E-state index < -0.39 is 0 Å². The summed E-state index contributed by atoms with van der Waals surface area (Å²) in [6.45, 7) is 3.58. The molecule has 0 spiro atoms. The monoisotopic (exact) mass is 232 g/mol. The van der Waals surface area contributed by atoms with E-state index in [2.05, 4.69) is 16.9 Å². The SMILES string of the molecule is CCCc1nc2cc3c(cc2[nH]1)OCCCO3. The molecule has 1 aromatic heterocycles. The summed E-state index contributed by atoms with van der Waals surface area (Å²) in [6, 6.07) is 3.95. The zero-order chi connectivity index (χ0) is 11.7. The minimum atomic E-state index is 0.713. The van der Waals surface area contributed by atoms with Gasteiger partial charge in [-0.25, -0.2) is 4.98 Å². The number of hydrogen-bond donors (Lipinski definition) is 1. The minimum Gasteiger partial charge on any atom is -0.489 e. The third-order valence-electron chi connectivity index (χ3n) is 2.89. The van der Waals surface area contributed by atoms with Crippen LogP contribution < -0.4 is 9.47 Å². The molecule has 2 heterocycles. The fourth-order valence-corrected chi connectivity index (χ4v) is 2.07. The van der Waals surface area contributed by atoms with Gasteiger partial charge in [0.15, 0.2) is 11.5 Å². The van der Waals surface area contributed by atoms with E-state index in [1.807, 2.05) is 12.1 Å². The van der Waals surface area contributed by atoms with E-state index in [0.717, 1.165) is 47.6 Å². The Kier molecular flexibility index (Phi) is 2.63. The number of nitrogens with zero attached hydrogens (tertiary/aromatic N) is 1. The van der Waals surface area contributed by atoms with Gasteiger partial charge in [0.2, 0.25) is 0 Å². The highest BCUT2D eigenvalue weighted by Gasteiger charge is 2.13. The lowest BCUT2D eigenvalue weighted by Gasteiger charge is -2.05. The zero-order valence-corrected chi connectivity index (χ0v) is 9.95. The van der Waals surface area contributed by atoms with Crippen molar-refractivity contribution in [3.63, 3.8) is 0 Å². The summed E-state index contributed by atoms with van der Waals surface area (Å²) in [7, 11) is 0. The molecule has 0 saturated carbocycles. The van der Waals surface area contributed by atoms with Crippen molar-refractivity contribution in [1.82, 2.24) is 9.97 Å². The second kappa shape index (κ2) is 4.28. The van der Waals surface area contributed by atoms with Crippen LogP contribution in [0.25, 0.3) is 11.0 Å². The van der Waals surface area contributed by atoms with Crippen LogP contribution in [-0.4, -0.2) is 23.2 Å². The van der Waals surface area contributed by atoms with Gasteiger partial charge in [-0.05, 0) is 6.42 Å². The summed E-state index contributed by atoms with van der Waals surface area (Å²) in [4.78, 5) is 7.87. The van der Waals surface area contributed by atoms with Gasteiger partial charge in [0.05, 0.1) is 24.2 Å². The van der Waals surface area contributed by atoms with Crippen molar-refractivity contribution in [2.75, 3.05) is 13.2 Å². The van der Waals surface area contributed by atoms with E-state index >= 15 is 0 Å². The second-order valence-electron chi connectivity index (χ2n) is 4.30. The number of H-pyrrole nitrogens is 1. The maximum absolute atomic E-state index is 5.65. The molecular weight excluding hydrogens is 216 g/mol. The Balaban J connectivity index is 2.05. The highest BCUT2D eigenvalue weighted by molar-refractivity contribution is 5.79. The first-order chi connectivity index (χ1) is 8.36. The molecule has 90 valence electrons. The number of aromatic amines is 1. The quantitative estimate of drug-likeness (QED) is 0.866. The average Bonchev–Trinajstić information content (AvgIpc) is 2.55. The molecule has 1 N–H and O–H groups in total. The number of nitrogens with one attached hydrogen (secondary N) is 1. The zero-order valence-electron chi connectivity index (χ0n) is 9.95. The van der Waals surface area contributed by atoms with Gasteiger partial charge in [0.1, 0.15) is 5.82 Å². The van der Waals surface area contributed by atoms with Gasteiger partial charge in [-0.15, -0.1) is 0 Å². The lowest BCUT2D eigenvalue weighted by atomic mass is 10.3. The lowest BCUT2D eigenvalue weighted by Crippen LogP contribution is -1.97. The van der Waals surface area contributed by atoms with Crippen LogP contribution >= 0.6 is 0 Å². The molecule has 1 aliphatic rings. The second-order valence-corrected chi connectivity index (χ2v) is 4.30. The van der Waals surface area contributed by atoms with Crippen molar-refractivity contribution in [1.29, 1.82) is 0 Å². The van der Waals surface area contributed by atoms with E-state index in [1.54, 1.807) is 0 Å². The van der Waals surface area contributed by atoms with E-state index in [4.69, 9.17) is 9.47 Å². The third-order valence-corrected chi connectivity index (χ3v) is 2.89. The van der Waals surface area contributed by atoms with Crippen molar-refractivity contribution in [2.24, 2.45) is 0 Å². The summed E-state index contributed by atoms with van der Waals surface area (Å²) in [6.07, 6.45) is 2.99. The Bertz CT molecular complexity index is 490. The molecule has 0 aliphatic carbocycles. The first-order valence-corrected chi connectivity index (χ1v) is 6.15. The van der Waals surface area contributed by atoms with Crippen molar-refractivity contribution in [3.05, 3.63) is 18.0 Å². The van der Waals surface area contributed by atoms with Gasteiger partial charge in [0, 0.05) is 25.0 Å². The summed E-state index contributed by atoms with van der Waals surface area (Å²) in [5.41, 5.74) is 1.98. The molecule has 2 aromatic rings. The maximum atomic E-state index is 5.65. The highest BCUT2D eigenvalue weighted by Crippen LogP contribution is 2.33. The standard InChI is InChI=1S/C13H16N2O2/c1-2-4-13-14-9-7-11-12(8-10(9)15-13)17-6-3-5-16-11/h7-8H,2-6H2,1H3,(H,14,15). The Labute approximate surface area is 100.0 Å². The number of aromatic nitrogens is 2. The van der Waals surface area contributed by atoms with Crippen LogP contribution in [0.5, 0.6) is 11.5 Å². The molecule has 3 rings (SSSR count). The molecule has 1 aromatic carbocycles. The Morgan fingerprint density at radius 3 is 2.76 bits per heavy atom. The van der Waals surface area contributed by atoms with E-state index in [0.29, 0.717) is 13.2 Å². The summed E-state index contributed by atoms with van der Waals surface area (Å²) in [5.74, 6) is 2.66. The molecule has 0 fully saturated rings. The molecule has 1 aliphatic heterocycles. The number of ether oxygens (including phenoxy) is 2. The van der Waals surface area contributed by atoms with E-state index in [-0.39, 0.29) is 0 Å². The average molecular weight is 232 g/mol. The van der Waals surface area contributed by atoms with Crippen molar-refractivity contribution in [3.8, 4) is 11.5 Å². The van der Waals surface area contributed by atoms with Crippen LogP contribution in [0.1, 0.15) is 25.6 Å². The number of hydrogen-bond acceptors (Lipinski definition) is 3. The number of aryl methyl sites for hydroxylation is 1. The van der Waals surface area contributed by atoms with Gasteiger partial charge in [-0.3, -0.25) is 0 Å². The predicted molar refractivity (Wildman–Crippen MR) is 65.7 cm³/mol. The van der Waals surface area contributed by atoms with Gasteiger partial charge in [-0.2, -0.15) is 0 Å². The van der Waals surface area contributed by atoms with E-state index in [1.165, 1.54) is 0 Å². The normalized spacial score (nSPS) is 14.9. The molecule has 0 bridgehead atoms. The molecule has 4 heteroatoms. The van der Waals surface area contributed by atoms with Gasteiger partial charge < -0.3 is 14.5 Å². The molecule has 0 atom stereocenters. The predicted octanol–water partition coefficient (Wildman–Crippen LogP) is 2.68. The van der Waals surface area contributed by atoms with Crippen molar-refractivity contribution >= 4 is 11.0 Å². The smallest absolute Gasteiger partial charge is 0.163 e.